The van der Waals surface area contributed by atoms with Gasteiger partial charge in [-0.25, -0.2) is 8.42 Å². The van der Waals surface area contributed by atoms with Crippen LogP contribution in [0.1, 0.15) is 38.8 Å². The van der Waals surface area contributed by atoms with E-state index in [9.17, 15) is 13.2 Å². The normalized spacial score (nSPS) is 11.6. The molecule has 0 saturated heterocycles. The number of hydrogen-bond donors (Lipinski definition) is 1. The monoisotopic (exact) mass is 524 g/mol. The molecule has 0 bridgehead atoms. The van der Waals surface area contributed by atoms with Crippen molar-refractivity contribution in [1.29, 1.82) is 0 Å². The van der Waals surface area contributed by atoms with Crippen LogP contribution in [0.2, 0.25) is 0 Å². The third-order valence-corrected chi connectivity index (χ3v) is 7.50. The molecule has 198 valence electrons. The molecule has 37 heavy (non-hydrogen) atoms. The Morgan fingerprint density at radius 3 is 2.19 bits per heavy atom. The summed E-state index contributed by atoms with van der Waals surface area (Å²) in [6.45, 7) is 10.7. The molecule has 0 aromatic heterocycles. The van der Waals surface area contributed by atoms with Gasteiger partial charge in [0.2, 0.25) is 5.91 Å². The van der Waals surface area contributed by atoms with E-state index in [4.69, 9.17) is 9.47 Å². The molecule has 0 spiro atoms. The number of nitrogens with zero attached hydrogens (tertiary/aromatic N) is 1. The minimum absolute atomic E-state index is 0.0754. The smallest absolute Gasteiger partial charge is 0.264 e. The number of anilines is 1. The molecule has 0 saturated carbocycles. The van der Waals surface area contributed by atoms with E-state index in [1.807, 2.05) is 50.2 Å². The zero-order valence-corrected chi connectivity index (χ0v) is 23.0. The van der Waals surface area contributed by atoms with Crippen LogP contribution in [0.3, 0.4) is 0 Å². The predicted octanol–water partition coefficient (Wildman–Crippen LogP) is 5.08. The van der Waals surface area contributed by atoms with Crippen molar-refractivity contribution >= 4 is 21.6 Å². The lowest BCUT2D eigenvalue weighted by atomic mass is 9.86. The molecule has 3 aromatic carbocycles. The van der Waals surface area contributed by atoms with E-state index in [1.54, 1.807) is 24.3 Å². The molecule has 0 atom stereocenters. The van der Waals surface area contributed by atoms with Crippen molar-refractivity contribution in [2.75, 3.05) is 30.6 Å². The average molecular weight is 525 g/mol. The number of carbonyl (C=O) groups is 1. The maximum absolute atomic E-state index is 13.5. The lowest BCUT2D eigenvalue weighted by Crippen LogP contribution is -2.42. The van der Waals surface area contributed by atoms with Crippen molar-refractivity contribution in [2.45, 2.75) is 44.9 Å². The van der Waals surface area contributed by atoms with Crippen molar-refractivity contribution < 1.29 is 22.7 Å². The molecular formula is C29H36N2O5S. The second-order valence-electron chi connectivity index (χ2n) is 9.70. The first kappa shape index (κ1) is 28.1. The molecule has 0 aliphatic rings. The quantitative estimate of drug-likeness (QED) is 0.354. The van der Waals surface area contributed by atoms with E-state index in [0.29, 0.717) is 18.0 Å². The van der Waals surface area contributed by atoms with Crippen LogP contribution in [-0.2, 0) is 20.2 Å². The van der Waals surface area contributed by atoms with Gasteiger partial charge in [0.05, 0.1) is 23.7 Å². The second kappa shape index (κ2) is 12.1. The van der Waals surface area contributed by atoms with Gasteiger partial charge in [-0.15, -0.1) is 0 Å². The van der Waals surface area contributed by atoms with E-state index >= 15 is 0 Å². The van der Waals surface area contributed by atoms with E-state index in [2.05, 4.69) is 26.1 Å². The first-order valence-corrected chi connectivity index (χ1v) is 13.8. The highest BCUT2D eigenvalue weighted by Gasteiger charge is 2.27. The molecule has 8 heteroatoms. The molecule has 0 aliphatic carbocycles. The van der Waals surface area contributed by atoms with Gasteiger partial charge in [0.1, 0.15) is 24.7 Å². The van der Waals surface area contributed by atoms with Crippen LogP contribution < -0.4 is 19.1 Å². The molecule has 3 aromatic rings. The molecular weight excluding hydrogens is 488 g/mol. The summed E-state index contributed by atoms with van der Waals surface area (Å²) in [5, 5.41) is 2.78. The van der Waals surface area contributed by atoms with Crippen LogP contribution in [0.15, 0.2) is 77.7 Å². The van der Waals surface area contributed by atoms with Crippen molar-refractivity contribution in [2.24, 2.45) is 0 Å². The zero-order valence-electron chi connectivity index (χ0n) is 22.2. The molecule has 1 amide bonds. The molecule has 0 aliphatic heterocycles. The Morgan fingerprint density at radius 1 is 0.919 bits per heavy atom. The lowest BCUT2D eigenvalue weighted by Gasteiger charge is -2.24. The number of aryl methyl sites for hydroxylation is 1. The number of amides is 1. The summed E-state index contributed by atoms with van der Waals surface area (Å²) in [6.07, 6.45) is 0. The third kappa shape index (κ3) is 7.49. The number of rotatable bonds is 11. The Bertz CT molecular complexity index is 1280. The summed E-state index contributed by atoms with van der Waals surface area (Å²) >= 11 is 0. The Kier molecular flexibility index (Phi) is 9.21. The van der Waals surface area contributed by atoms with Crippen LogP contribution >= 0.6 is 0 Å². The van der Waals surface area contributed by atoms with Crippen LogP contribution in [0, 0.1) is 6.92 Å². The first-order valence-electron chi connectivity index (χ1n) is 12.3. The standard InChI is InChI=1S/C29H36N2O5S/c1-6-35-24-15-17-25(18-16-24)37(33,34)31(23-13-11-22(2)12-14-23)21-28(32)30-19-20-36-27-10-8-7-9-26(27)29(3,4)5/h7-18H,6,19-21H2,1-5H3,(H,30,32). The highest BCUT2D eigenvalue weighted by molar-refractivity contribution is 7.92. The van der Waals surface area contributed by atoms with Crippen molar-refractivity contribution in [3.63, 3.8) is 0 Å². The second-order valence-corrected chi connectivity index (χ2v) is 11.6. The fourth-order valence-corrected chi connectivity index (χ4v) is 5.20. The Hall–Kier alpha value is -3.52. The SMILES string of the molecule is CCOc1ccc(S(=O)(=O)N(CC(=O)NCCOc2ccccc2C(C)(C)C)c2ccc(C)cc2)cc1. The van der Waals surface area contributed by atoms with Crippen molar-refractivity contribution in [1.82, 2.24) is 5.32 Å². The highest BCUT2D eigenvalue weighted by Crippen LogP contribution is 2.31. The van der Waals surface area contributed by atoms with Gasteiger partial charge in [-0.2, -0.15) is 0 Å². The molecule has 0 unspecified atom stereocenters. The maximum atomic E-state index is 13.5. The molecule has 7 nitrogen and oxygen atoms in total. The average Bonchev–Trinajstić information content (AvgIpc) is 2.86. The van der Waals surface area contributed by atoms with E-state index in [-0.39, 0.29) is 30.0 Å². The van der Waals surface area contributed by atoms with E-state index in [1.165, 1.54) is 12.1 Å². The predicted molar refractivity (Wildman–Crippen MR) is 147 cm³/mol. The van der Waals surface area contributed by atoms with Gasteiger partial charge in [-0.05, 0) is 67.3 Å². The summed E-state index contributed by atoms with van der Waals surface area (Å²) in [4.78, 5) is 12.9. The van der Waals surface area contributed by atoms with Gasteiger partial charge < -0.3 is 14.8 Å². The summed E-state index contributed by atoms with van der Waals surface area (Å²) in [5.41, 5.74) is 2.39. The molecule has 0 radical (unpaired) electrons. The fraction of sp³-hybridized carbons (Fsp3) is 0.345. The minimum Gasteiger partial charge on any atom is -0.494 e. The molecule has 1 N–H and O–H groups in total. The topological polar surface area (TPSA) is 84.9 Å². The fourth-order valence-electron chi connectivity index (χ4n) is 3.78. The van der Waals surface area contributed by atoms with Gasteiger partial charge in [0.25, 0.3) is 10.0 Å². The summed E-state index contributed by atoms with van der Waals surface area (Å²) in [5.74, 6) is 0.917. The van der Waals surface area contributed by atoms with Gasteiger partial charge >= 0.3 is 0 Å². The largest absolute Gasteiger partial charge is 0.494 e. The Morgan fingerprint density at radius 2 is 1.57 bits per heavy atom. The molecule has 0 fully saturated rings. The molecule has 3 rings (SSSR count). The summed E-state index contributed by atoms with van der Waals surface area (Å²) in [7, 11) is -4.00. The number of benzene rings is 3. The third-order valence-electron chi connectivity index (χ3n) is 5.71. The Labute approximate surface area is 220 Å². The van der Waals surface area contributed by atoms with Gasteiger partial charge in [-0.1, -0.05) is 56.7 Å². The van der Waals surface area contributed by atoms with Crippen molar-refractivity contribution in [3.8, 4) is 11.5 Å². The van der Waals surface area contributed by atoms with E-state index < -0.39 is 15.9 Å². The number of nitrogens with one attached hydrogen (secondary N) is 1. The van der Waals surface area contributed by atoms with Crippen LogP contribution in [0.4, 0.5) is 5.69 Å². The van der Waals surface area contributed by atoms with Crippen molar-refractivity contribution in [3.05, 3.63) is 83.9 Å². The van der Waals surface area contributed by atoms with Crippen LogP contribution in [0.5, 0.6) is 11.5 Å². The number of ether oxygens (including phenoxy) is 2. The van der Waals surface area contributed by atoms with Gasteiger partial charge in [-0.3, -0.25) is 9.10 Å². The van der Waals surface area contributed by atoms with Gasteiger partial charge in [0, 0.05) is 0 Å². The highest BCUT2D eigenvalue weighted by atomic mass is 32.2. The van der Waals surface area contributed by atoms with Crippen LogP contribution in [-0.4, -0.2) is 40.6 Å². The summed E-state index contributed by atoms with van der Waals surface area (Å²) in [6, 6.07) is 21.0. The minimum atomic E-state index is -4.00. The zero-order chi connectivity index (χ0) is 27.1. The van der Waals surface area contributed by atoms with Crippen LogP contribution in [0.25, 0.3) is 0 Å². The maximum Gasteiger partial charge on any atom is 0.264 e. The lowest BCUT2D eigenvalue weighted by molar-refractivity contribution is -0.119. The Balaban J connectivity index is 1.71. The number of carbonyl (C=O) groups excluding carboxylic acids is 1. The van der Waals surface area contributed by atoms with E-state index in [0.717, 1.165) is 21.2 Å². The number of para-hydroxylation sites is 1. The first-order chi connectivity index (χ1) is 17.5. The summed E-state index contributed by atoms with van der Waals surface area (Å²) < 4.78 is 39.6. The number of sulfonamides is 1. The molecule has 0 heterocycles. The number of hydrogen-bond acceptors (Lipinski definition) is 5. The van der Waals surface area contributed by atoms with Gasteiger partial charge in [0.15, 0.2) is 0 Å².